The lowest BCUT2D eigenvalue weighted by molar-refractivity contribution is 0.255. The topological polar surface area (TPSA) is 67.5 Å². The summed E-state index contributed by atoms with van der Waals surface area (Å²) in [6, 6.07) is 9.33. The molecule has 38 heavy (non-hydrogen) atoms. The van der Waals surface area contributed by atoms with E-state index in [-0.39, 0.29) is 23.9 Å². The molecule has 2 aliphatic heterocycles. The summed E-state index contributed by atoms with van der Waals surface area (Å²) in [5.41, 5.74) is 3.74. The van der Waals surface area contributed by atoms with Crippen molar-refractivity contribution in [1.82, 2.24) is 19.9 Å². The van der Waals surface area contributed by atoms with Crippen LogP contribution in [0.2, 0.25) is 0 Å². The van der Waals surface area contributed by atoms with Gasteiger partial charge in [0.25, 0.3) is 0 Å². The van der Waals surface area contributed by atoms with Crippen LogP contribution in [0, 0.1) is 11.6 Å². The van der Waals surface area contributed by atoms with Gasteiger partial charge in [-0.15, -0.1) is 0 Å². The number of ether oxygens (including phenoxy) is 1. The number of hydrogen-bond donors (Lipinski definition) is 0. The minimum atomic E-state index is -0.624. The normalized spacial score (nSPS) is 16.7. The molecule has 9 heteroatoms. The number of anilines is 1. The van der Waals surface area contributed by atoms with Crippen molar-refractivity contribution in [3.8, 4) is 17.0 Å². The third-order valence-electron chi connectivity index (χ3n) is 7.56. The average Bonchev–Trinajstić information content (AvgIpc) is 3.31. The van der Waals surface area contributed by atoms with Gasteiger partial charge in [-0.05, 0) is 82.6 Å². The zero-order chi connectivity index (χ0) is 26.4. The van der Waals surface area contributed by atoms with Gasteiger partial charge in [0.15, 0.2) is 23.0 Å². The summed E-state index contributed by atoms with van der Waals surface area (Å²) >= 11 is 0. The van der Waals surface area contributed by atoms with Crippen LogP contribution in [0.5, 0.6) is 5.75 Å². The van der Waals surface area contributed by atoms with Crippen LogP contribution in [-0.4, -0.2) is 59.2 Å². The van der Waals surface area contributed by atoms with Crippen LogP contribution in [0.1, 0.15) is 49.9 Å². The lowest BCUT2D eigenvalue weighted by Gasteiger charge is -2.34. The molecule has 0 bridgehead atoms. The third kappa shape index (κ3) is 4.71. The van der Waals surface area contributed by atoms with Gasteiger partial charge in [-0.25, -0.2) is 23.7 Å². The molecule has 198 valence electrons. The lowest BCUT2D eigenvalue weighted by atomic mass is 9.89. The zero-order valence-corrected chi connectivity index (χ0v) is 21.9. The van der Waals surface area contributed by atoms with Crippen molar-refractivity contribution in [2.24, 2.45) is 0 Å². The number of aromatic nitrogens is 3. The van der Waals surface area contributed by atoms with Crippen molar-refractivity contribution in [2.75, 3.05) is 38.2 Å². The first kappa shape index (κ1) is 24.7. The molecule has 0 saturated carbocycles. The van der Waals surface area contributed by atoms with E-state index in [0.717, 1.165) is 37.6 Å². The van der Waals surface area contributed by atoms with E-state index >= 15 is 0 Å². The fourth-order valence-corrected chi connectivity index (χ4v) is 5.46. The number of piperidine rings is 1. The SMILES string of the molecule is CC(C)N1CCOc2c(F)cc(-c3nc(Cc4nc5cc(C6CCN(C)CC6)ccc5o4)ncc3F)cc21. The molecule has 0 atom stereocenters. The van der Waals surface area contributed by atoms with Gasteiger partial charge in [0.1, 0.15) is 23.6 Å². The second kappa shape index (κ2) is 9.94. The molecule has 4 heterocycles. The molecule has 7 nitrogen and oxygen atoms in total. The predicted octanol–water partition coefficient (Wildman–Crippen LogP) is 5.57. The van der Waals surface area contributed by atoms with Crippen molar-refractivity contribution >= 4 is 16.8 Å². The van der Waals surface area contributed by atoms with E-state index in [1.54, 1.807) is 6.07 Å². The first-order valence-electron chi connectivity index (χ1n) is 13.2. The van der Waals surface area contributed by atoms with Gasteiger partial charge in [0.2, 0.25) is 5.89 Å². The van der Waals surface area contributed by atoms with Crippen molar-refractivity contribution in [3.63, 3.8) is 0 Å². The summed E-state index contributed by atoms with van der Waals surface area (Å²) in [7, 11) is 2.16. The molecule has 2 aromatic heterocycles. The highest BCUT2D eigenvalue weighted by Gasteiger charge is 2.26. The van der Waals surface area contributed by atoms with Gasteiger partial charge in [-0.1, -0.05) is 6.07 Å². The molecule has 0 unspecified atom stereocenters. The molecule has 6 rings (SSSR count). The summed E-state index contributed by atoms with van der Waals surface area (Å²) in [5.74, 6) is 0.345. The van der Waals surface area contributed by atoms with Crippen LogP contribution >= 0.6 is 0 Å². The highest BCUT2D eigenvalue weighted by Crippen LogP contribution is 2.39. The Morgan fingerprint density at radius 1 is 1.03 bits per heavy atom. The van der Waals surface area contributed by atoms with Gasteiger partial charge in [-0.2, -0.15) is 0 Å². The van der Waals surface area contributed by atoms with E-state index in [1.165, 1.54) is 11.6 Å². The maximum absolute atomic E-state index is 15.0. The van der Waals surface area contributed by atoms with E-state index in [0.29, 0.717) is 47.6 Å². The Morgan fingerprint density at radius 2 is 1.84 bits per heavy atom. The fourth-order valence-electron chi connectivity index (χ4n) is 5.46. The summed E-state index contributed by atoms with van der Waals surface area (Å²) in [4.78, 5) is 17.7. The zero-order valence-electron chi connectivity index (χ0n) is 21.9. The van der Waals surface area contributed by atoms with Crippen LogP contribution < -0.4 is 9.64 Å². The summed E-state index contributed by atoms with van der Waals surface area (Å²) in [5, 5.41) is 0. The van der Waals surface area contributed by atoms with E-state index in [1.807, 2.05) is 24.8 Å². The number of halogens is 2. The molecule has 4 aromatic rings. The second-order valence-electron chi connectivity index (χ2n) is 10.5. The summed E-state index contributed by atoms with van der Waals surface area (Å²) in [6.45, 7) is 7.27. The Balaban J connectivity index is 1.28. The maximum Gasteiger partial charge on any atom is 0.203 e. The molecule has 0 N–H and O–H groups in total. The second-order valence-corrected chi connectivity index (χ2v) is 10.5. The van der Waals surface area contributed by atoms with E-state index in [4.69, 9.17) is 9.15 Å². The summed E-state index contributed by atoms with van der Waals surface area (Å²) < 4.78 is 41.4. The average molecular weight is 520 g/mol. The summed E-state index contributed by atoms with van der Waals surface area (Å²) in [6.07, 6.45) is 3.57. The Bertz CT molecular complexity index is 1480. The quantitative estimate of drug-likeness (QED) is 0.342. The fraction of sp³-hybridized carbons (Fsp3) is 0.414. The van der Waals surface area contributed by atoms with Crippen LogP contribution in [-0.2, 0) is 6.42 Å². The van der Waals surface area contributed by atoms with Gasteiger partial charge in [0.05, 0.1) is 24.8 Å². The van der Waals surface area contributed by atoms with Crippen LogP contribution in [0.4, 0.5) is 14.5 Å². The van der Waals surface area contributed by atoms with E-state index < -0.39 is 11.6 Å². The number of oxazole rings is 1. The minimum absolute atomic E-state index is 0.0339. The molecule has 0 amide bonds. The molecule has 1 saturated heterocycles. The Morgan fingerprint density at radius 3 is 2.63 bits per heavy atom. The predicted molar refractivity (Wildman–Crippen MR) is 142 cm³/mol. The molecule has 1 fully saturated rings. The molecule has 2 aliphatic rings. The number of benzene rings is 2. The Hall–Kier alpha value is -3.59. The molecular weight excluding hydrogens is 488 g/mol. The largest absolute Gasteiger partial charge is 0.486 e. The monoisotopic (exact) mass is 519 g/mol. The first-order chi connectivity index (χ1) is 18.4. The van der Waals surface area contributed by atoms with Crippen LogP contribution in [0.3, 0.4) is 0 Å². The van der Waals surface area contributed by atoms with E-state index in [9.17, 15) is 8.78 Å². The highest BCUT2D eigenvalue weighted by molar-refractivity contribution is 5.74. The first-order valence-corrected chi connectivity index (χ1v) is 13.2. The standard InChI is InChI=1S/C29H31F2N5O2/c1-17(2)36-10-11-37-29-21(30)12-20(14-24(29)36)28-22(31)16-32-26(34-28)15-27-33-23-13-19(4-5-25(23)38-27)18-6-8-35(3)9-7-18/h4-5,12-14,16-18H,6-11,15H2,1-3H3. The van der Waals surface area contributed by atoms with Gasteiger partial charge in [-0.3, -0.25) is 0 Å². The van der Waals surface area contributed by atoms with Gasteiger partial charge < -0.3 is 19.0 Å². The smallest absolute Gasteiger partial charge is 0.203 e. The highest BCUT2D eigenvalue weighted by atomic mass is 19.1. The molecule has 0 spiro atoms. The van der Waals surface area contributed by atoms with Crippen LogP contribution in [0.25, 0.3) is 22.4 Å². The van der Waals surface area contributed by atoms with Crippen molar-refractivity contribution < 1.29 is 17.9 Å². The van der Waals surface area contributed by atoms with Crippen molar-refractivity contribution in [1.29, 1.82) is 0 Å². The lowest BCUT2D eigenvalue weighted by Crippen LogP contribution is -2.38. The number of likely N-dealkylation sites (tertiary alicyclic amines) is 1. The van der Waals surface area contributed by atoms with Crippen molar-refractivity contribution in [2.45, 2.75) is 45.1 Å². The molecule has 2 aromatic carbocycles. The number of rotatable bonds is 5. The van der Waals surface area contributed by atoms with Gasteiger partial charge in [0, 0.05) is 11.6 Å². The van der Waals surface area contributed by atoms with Gasteiger partial charge >= 0.3 is 0 Å². The number of nitrogens with zero attached hydrogens (tertiary/aromatic N) is 5. The number of hydrogen-bond acceptors (Lipinski definition) is 7. The molecule has 0 radical (unpaired) electrons. The van der Waals surface area contributed by atoms with Crippen molar-refractivity contribution in [3.05, 3.63) is 65.4 Å². The Labute approximate surface area is 220 Å². The minimum Gasteiger partial charge on any atom is -0.486 e. The molecule has 0 aliphatic carbocycles. The molecular formula is C29H31F2N5O2. The Kier molecular flexibility index (Phi) is 6.47. The van der Waals surface area contributed by atoms with E-state index in [2.05, 4.69) is 39.0 Å². The van der Waals surface area contributed by atoms with Crippen LogP contribution in [0.15, 0.2) is 40.9 Å². The number of fused-ring (bicyclic) bond motifs is 2. The maximum atomic E-state index is 15.0. The third-order valence-corrected chi connectivity index (χ3v) is 7.56.